The molecule has 1 aliphatic carbocycles. The van der Waals surface area contributed by atoms with Crippen molar-refractivity contribution in [3.8, 4) is 0 Å². The van der Waals surface area contributed by atoms with E-state index in [0.29, 0.717) is 0 Å². The van der Waals surface area contributed by atoms with Crippen molar-refractivity contribution in [3.05, 3.63) is 53.9 Å². The third-order valence-electron chi connectivity index (χ3n) is 5.06. The molecule has 25 heavy (non-hydrogen) atoms. The highest BCUT2D eigenvalue weighted by Gasteiger charge is 2.30. The number of aromatic nitrogens is 1. The first kappa shape index (κ1) is 16.3. The van der Waals surface area contributed by atoms with Crippen LogP contribution in [0.2, 0.25) is 0 Å². The van der Waals surface area contributed by atoms with Crippen molar-refractivity contribution in [1.29, 1.82) is 0 Å². The van der Waals surface area contributed by atoms with Crippen molar-refractivity contribution in [2.45, 2.75) is 44.7 Å². The fourth-order valence-electron chi connectivity index (χ4n) is 3.55. The monoisotopic (exact) mass is 341 g/mol. The van der Waals surface area contributed by atoms with Crippen molar-refractivity contribution < 1.29 is 9.50 Å². The number of unbranched alkanes of at least 4 members (excludes halogenated alkanes) is 1. The van der Waals surface area contributed by atoms with Gasteiger partial charge in [-0.3, -0.25) is 4.98 Å². The number of fused-ring (bicyclic) bond motifs is 1. The van der Waals surface area contributed by atoms with Crippen LogP contribution >= 0.6 is 0 Å². The first-order valence-electron chi connectivity index (χ1n) is 9.09. The van der Waals surface area contributed by atoms with Crippen LogP contribution in [0.4, 0.5) is 4.39 Å². The lowest BCUT2D eigenvalue weighted by molar-refractivity contribution is 0.251. The van der Waals surface area contributed by atoms with Gasteiger partial charge in [0, 0.05) is 36.6 Å². The average molecular weight is 341 g/mol. The minimum atomic E-state index is -0.231. The molecule has 5 heteroatoms. The lowest BCUT2D eigenvalue weighted by Crippen LogP contribution is -2.27. The Balaban J connectivity index is 1.59. The number of rotatable bonds is 7. The van der Waals surface area contributed by atoms with Crippen molar-refractivity contribution in [3.63, 3.8) is 0 Å². The summed E-state index contributed by atoms with van der Waals surface area (Å²) < 4.78 is 13.5. The van der Waals surface area contributed by atoms with E-state index in [9.17, 15) is 4.39 Å². The topological polar surface area (TPSA) is 39.6 Å². The van der Waals surface area contributed by atoms with Crippen molar-refractivity contribution in [1.82, 2.24) is 14.8 Å². The maximum absolute atomic E-state index is 13.5. The summed E-state index contributed by atoms with van der Waals surface area (Å²) in [6, 6.07) is 5.65. The van der Waals surface area contributed by atoms with E-state index in [2.05, 4.69) is 27.2 Å². The number of aliphatic hydroxyl groups is 1. The quantitative estimate of drug-likeness (QED) is 0.784. The van der Waals surface area contributed by atoms with E-state index in [-0.39, 0.29) is 12.4 Å². The summed E-state index contributed by atoms with van der Waals surface area (Å²) in [5.74, 6) is -0.231. The molecule has 0 saturated heterocycles. The molecule has 1 aliphatic heterocycles. The van der Waals surface area contributed by atoms with Gasteiger partial charge in [-0.15, -0.1) is 0 Å². The van der Waals surface area contributed by atoms with Gasteiger partial charge in [0.2, 0.25) is 0 Å². The van der Waals surface area contributed by atoms with E-state index >= 15 is 0 Å². The molecule has 2 heterocycles. The molecule has 1 saturated carbocycles. The van der Waals surface area contributed by atoms with Gasteiger partial charge in [-0.1, -0.05) is 6.07 Å². The molecule has 2 aromatic rings. The average Bonchev–Trinajstić information content (AvgIpc) is 3.36. The van der Waals surface area contributed by atoms with Gasteiger partial charge in [-0.05, 0) is 55.2 Å². The van der Waals surface area contributed by atoms with Gasteiger partial charge in [0.1, 0.15) is 5.82 Å². The first-order chi connectivity index (χ1) is 12.2. The Hall–Kier alpha value is -2.14. The predicted molar refractivity (Wildman–Crippen MR) is 96.1 cm³/mol. The second kappa shape index (κ2) is 7.00. The van der Waals surface area contributed by atoms with Crippen LogP contribution in [-0.2, 0) is 13.0 Å². The lowest BCUT2D eigenvalue weighted by atomic mass is 9.99. The van der Waals surface area contributed by atoms with Gasteiger partial charge in [-0.2, -0.15) is 0 Å². The van der Waals surface area contributed by atoms with Crippen LogP contribution in [0.3, 0.4) is 0 Å². The summed E-state index contributed by atoms with van der Waals surface area (Å²) in [4.78, 5) is 9.33. The van der Waals surface area contributed by atoms with Gasteiger partial charge >= 0.3 is 0 Å². The molecule has 0 atom stereocenters. The molecule has 1 aromatic heterocycles. The highest BCUT2D eigenvalue weighted by Crippen LogP contribution is 2.30. The smallest absolute Gasteiger partial charge is 0.123 e. The highest BCUT2D eigenvalue weighted by atomic mass is 19.1. The number of benzene rings is 1. The maximum atomic E-state index is 13.5. The number of halogens is 1. The zero-order valence-electron chi connectivity index (χ0n) is 14.4. The third-order valence-corrected chi connectivity index (χ3v) is 5.06. The van der Waals surface area contributed by atoms with E-state index in [1.54, 1.807) is 12.3 Å². The third kappa shape index (κ3) is 3.61. The summed E-state index contributed by atoms with van der Waals surface area (Å²) in [6.07, 6.45) is 11.2. The van der Waals surface area contributed by atoms with Crippen LogP contribution < -0.4 is 0 Å². The lowest BCUT2D eigenvalue weighted by Gasteiger charge is -2.22. The molecule has 1 N–H and O–H groups in total. The maximum Gasteiger partial charge on any atom is 0.123 e. The molecular formula is C20H24FN3O. The fourth-order valence-corrected chi connectivity index (χ4v) is 3.55. The van der Waals surface area contributed by atoms with Crippen LogP contribution in [-0.4, -0.2) is 39.2 Å². The standard InChI is InChI=1S/C20H24FN3O/c21-16-4-7-18-15(11-16)12-22-20(19(18)3-1-2-10-25)13-23-8-9-24(14-23)17-5-6-17/h4,7-9,11-12,17,25H,1-3,5-6,10,13-14H2. The molecule has 0 radical (unpaired) electrons. The Morgan fingerprint density at radius 3 is 2.88 bits per heavy atom. The van der Waals surface area contributed by atoms with Gasteiger partial charge in [-0.25, -0.2) is 4.39 Å². The zero-order valence-corrected chi connectivity index (χ0v) is 14.4. The Morgan fingerprint density at radius 2 is 2.08 bits per heavy atom. The summed E-state index contributed by atoms with van der Waals surface area (Å²) in [7, 11) is 0. The summed E-state index contributed by atoms with van der Waals surface area (Å²) in [5.41, 5.74) is 2.24. The summed E-state index contributed by atoms with van der Waals surface area (Å²) >= 11 is 0. The van der Waals surface area contributed by atoms with E-state index < -0.39 is 0 Å². The van der Waals surface area contributed by atoms with E-state index in [1.165, 1.54) is 24.5 Å². The molecule has 2 aliphatic rings. The van der Waals surface area contributed by atoms with Crippen LogP contribution in [0.15, 0.2) is 36.8 Å². The van der Waals surface area contributed by atoms with Crippen LogP contribution in [0.5, 0.6) is 0 Å². The minimum absolute atomic E-state index is 0.202. The molecule has 0 spiro atoms. The van der Waals surface area contributed by atoms with Gasteiger partial charge in [0.05, 0.1) is 18.9 Å². The first-order valence-corrected chi connectivity index (χ1v) is 9.09. The summed E-state index contributed by atoms with van der Waals surface area (Å²) in [5, 5.41) is 11.0. The Bertz CT molecular complexity index is 788. The fraction of sp³-hybridized carbons (Fsp3) is 0.450. The Morgan fingerprint density at radius 1 is 1.20 bits per heavy atom. The number of aliphatic hydroxyl groups excluding tert-OH is 1. The number of aryl methyl sites for hydroxylation is 1. The number of pyridine rings is 1. The molecule has 1 aromatic carbocycles. The predicted octanol–water partition coefficient (Wildman–Crippen LogP) is 3.40. The minimum Gasteiger partial charge on any atom is -0.396 e. The van der Waals surface area contributed by atoms with Crippen molar-refractivity contribution in [2.24, 2.45) is 0 Å². The Kier molecular flexibility index (Phi) is 4.57. The van der Waals surface area contributed by atoms with E-state index in [1.807, 2.05) is 6.07 Å². The van der Waals surface area contributed by atoms with Gasteiger partial charge in [0.25, 0.3) is 0 Å². The second-order valence-electron chi connectivity index (χ2n) is 7.03. The number of hydrogen-bond acceptors (Lipinski definition) is 4. The normalized spacial score (nSPS) is 17.0. The van der Waals surface area contributed by atoms with Crippen LogP contribution in [0.25, 0.3) is 10.8 Å². The zero-order chi connectivity index (χ0) is 17.2. The highest BCUT2D eigenvalue weighted by molar-refractivity contribution is 5.85. The van der Waals surface area contributed by atoms with E-state index in [0.717, 1.165) is 55.0 Å². The molecule has 0 unspecified atom stereocenters. The molecule has 132 valence electrons. The van der Waals surface area contributed by atoms with E-state index in [4.69, 9.17) is 5.11 Å². The molecule has 4 rings (SSSR count). The molecule has 4 nitrogen and oxygen atoms in total. The number of nitrogens with zero attached hydrogens (tertiary/aromatic N) is 3. The molecule has 1 fully saturated rings. The van der Waals surface area contributed by atoms with Gasteiger partial charge < -0.3 is 14.9 Å². The van der Waals surface area contributed by atoms with Crippen molar-refractivity contribution >= 4 is 10.8 Å². The molecule has 0 amide bonds. The van der Waals surface area contributed by atoms with Gasteiger partial charge in [0.15, 0.2) is 0 Å². The van der Waals surface area contributed by atoms with Crippen LogP contribution in [0.1, 0.15) is 36.9 Å². The molecule has 0 bridgehead atoms. The number of hydrogen-bond donors (Lipinski definition) is 1. The largest absolute Gasteiger partial charge is 0.396 e. The SMILES string of the molecule is OCCCCc1c(CN2C=CN(C3CC3)C2)ncc2cc(F)ccc12. The summed E-state index contributed by atoms with van der Waals surface area (Å²) in [6.45, 7) is 1.89. The van der Waals surface area contributed by atoms with Crippen molar-refractivity contribution in [2.75, 3.05) is 13.3 Å². The Labute approximate surface area is 147 Å². The van der Waals surface area contributed by atoms with Crippen LogP contribution in [0, 0.1) is 5.82 Å². The molecular weight excluding hydrogens is 317 g/mol. The second-order valence-corrected chi connectivity index (χ2v) is 7.03.